The van der Waals surface area contributed by atoms with Crippen LogP contribution < -0.4 is 10.2 Å². The first-order valence-electron chi connectivity index (χ1n) is 14.9. The monoisotopic (exact) mass is 1460 g/mol. The van der Waals surface area contributed by atoms with Gasteiger partial charge in [-0.3, -0.25) is 0 Å². The van der Waals surface area contributed by atoms with Gasteiger partial charge in [0.1, 0.15) is 0 Å². The number of rotatable bonds is 0. The summed E-state index contributed by atoms with van der Waals surface area (Å²) in [5.41, 5.74) is 0. The number of carboxylic acid groups (broad SMARTS) is 46. The third-order valence-corrected chi connectivity index (χ3v) is 0. The average Bonchev–Trinajstić information content (AvgIpc) is 3.09. The minimum absolute atomic E-state index is 0. The van der Waals surface area contributed by atoms with E-state index in [4.69, 9.17) is 345 Å². The van der Waals surface area contributed by atoms with Crippen LogP contribution in [0.3, 0.4) is 0 Å². The maximum Gasteiger partial charge on any atom is 2.00 e. The number of hydrogen-bond donors (Lipinski definition) is 44. The molecule has 0 bridgehead atoms. The molecule has 0 radical (unpaired) electrons. The van der Waals surface area contributed by atoms with Gasteiger partial charge in [-0.25, -0.2) is 105 Å². The Morgan fingerprint density at radius 1 is 0.108 bits per heavy atom. The van der Waals surface area contributed by atoms with Crippen molar-refractivity contribution in [1.29, 1.82) is 0 Å². The molecule has 0 spiro atoms. The van der Waals surface area contributed by atoms with Gasteiger partial charge in [-0.15, -0.1) is 0 Å². The van der Waals surface area contributed by atoms with Crippen LogP contribution in [0.15, 0.2) is 0 Å². The molecule has 69 nitrogen and oxygen atoms in total. The van der Waals surface area contributed by atoms with E-state index in [2.05, 4.69) is 0 Å². The van der Waals surface area contributed by atoms with Gasteiger partial charge >= 0.3 is 173 Å². The van der Waals surface area contributed by atoms with Crippen LogP contribution >= 0.6 is 0 Å². The van der Waals surface area contributed by atoms with Gasteiger partial charge in [0, 0.05) is 0 Å². The summed E-state index contributed by atoms with van der Waals surface area (Å²) < 4.78 is 0. The predicted molar refractivity (Wildman–Crippen MR) is 246 cm³/mol. The van der Waals surface area contributed by atoms with Crippen molar-refractivity contribution in [2.24, 2.45) is 0 Å². The Kier molecular flexibility index (Phi) is 260. The molecule has 44 N–H and O–H groups in total. The molecular formula is C23H44CaO69. The Hall–Kier alpha value is -15.5. The van der Waals surface area contributed by atoms with E-state index < -0.39 is 142 Å². The SMILES string of the molecule is O=C(O)O.O=C(O)O.O=C(O)O.O=C(O)O.O=C(O)O.O=C(O)O.O=C(O)O.O=C(O)O.O=C(O)O.O=C(O)O.O=C(O)O.O=C(O)O.O=C(O)O.O=C(O)O.O=C(O)O.O=C(O)O.O=C(O)O.O=C(O)O.O=C(O)O.O=C(O)O.O=C(O)O.O=C(O)O.O=C([O-])[O-].[Ca+2]. The van der Waals surface area contributed by atoms with Crippen LogP contribution in [-0.2, 0) is 0 Å². The third kappa shape index (κ3) is 1760. The molecule has 93 heavy (non-hydrogen) atoms. The molecule has 0 heterocycles. The van der Waals surface area contributed by atoms with Gasteiger partial charge in [0.25, 0.3) is 0 Å². The molecule has 0 aliphatic carbocycles. The number of carbonyl (C=O) groups is 23. The summed E-state index contributed by atoms with van der Waals surface area (Å²) in [6.45, 7) is 0. The van der Waals surface area contributed by atoms with E-state index in [1.165, 1.54) is 0 Å². The van der Waals surface area contributed by atoms with Gasteiger partial charge in [0.05, 0.1) is 0 Å². The van der Waals surface area contributed by atoms with Crippen molar-refractivity contribution in [2.45, 2.75) is 0 Å². The zero-order valence-electron chi connectivity index (χ0n) is 42.1. The zero-order valence-corrected chi connectivity index (χ0v) is 44.3. The van der Waals surface area contributed by atoms with E-state index in [-0.39, 0.29) is 37.7 Å². The van der Waals surface area contributed by atoms with Gasteiger partial charge in [-0.2, -0.15) is 0 Å². The average molecular weight is 1460 g/mol. The van der Waals surface area contributed by atoms with Crippen LogP contribution in [0.2, 0.25) is 0 Å². The Balaban J connectivity index is -0.0000000243. The van der Waals surface area contributed by atoms with Crippen LogP contribution in [0.4, 0.5) is 110 Å². The molecule has 0 atom stereocenters. The molecule has 0 aliphatic rings. The van der Waals surface area contributed by atoms with E-state index in [1.54, 1.807) is 0 Å². The van der Waals surface area contributed by atoms with Crippen molar-refractivity contribution < 1.29 is 345 Å². The van der Waals surface area contributed by atoms with Gasteiger partial charge in [-0.05, 0) is 6.16 Å². The molecule has 0 amide bonds. The van der Waals surface area contributed by atoms with E-state index >= 15 is 0 Å². The Labute approximate surface area is 523 Å². The molecule has 0 aliphatic heterocycles. The standard InChI is InChI=1S/23CH2O3.Ca/c23*2-1(3)4;/h23*(H2,2,3,4);/q;;;;;;;;;;;;;;;;;;;;;;;+2/p-2. The van der Waals surface area contributed by atoms with Gasteiger partial charge in [0.15, 0.2) is 0 Å². The normalized spacial score (nSPS) is 5.94. The summed E-state index contributed by atoms with van der Waals surface area (Å²) in [6, 6.07) is 0. The first-order chi connectivity index (χ1) is 39.8. The van der Waals surface area contributed by atoms with Crippen molar-refractivity contribution in [3.05, 3.63) is 0 Å². The molecule has 0 saturated heterocycles. The summed E-state index contributed by atoms with van der Waals surface area (Å²) in [5.74, 6) is 0. The molecule has 0 fully saturated rings. The van der Waals surface area contributed by atoms with Crippen LogP contribution in [0.5, 0.6) is 0 Å². The molecule has 0 saturated carbocycles. The van der Waals surface area contributed by atoms with Crippen LogP contribution in [0.25, 0.3) is 0 Å². The predicted octanol–water partition coefficient (Wildman–Crippen LogP) is 2.07. The fraction of sp³-hybridized carbons (Fsp3) is 0. The summed E-state index contributed by atoms with van der Waals surface area (Å²) in [6.07, 6.45) is -42.7. The first kappa shape index (κ1) is 158. The largest absolute Gasteiger partial charge is 2.00 e. The fourth-order valence-corrected chi connectivity index (χ4v) is 0. The smallest absolute Gasteiger partial charge is 0.652 e. The summed E-state index contributed by atoms with van der Waals surface area (Å²) in [4.78, 5) is 197. The molecule has 70 heteroatoms. The molecule has 0 rings (SSSR count). The van der Waals surface area contributed by atoms with E-state index in [0.717, 1.165) is 0 Å². The Bertz CT molecular complexity index is 1240. The Morgan fingerprint density at radius 2 is 0.108 bits per heavy atom. The molecule has 552 valence electrons. The van der Waals surface area contributed by atoms with Crippen LogP contribution in [0, 0.1) is 0 Å². The van der Waals surface area contributed by atoms with Crippen molar-refractivity contribution in [3.63, 3.8) is 0 Å². The topological polar surface area (TPSA) is 1330 Å². The summed E-state index contributed by atoms with van der Waals surface area (Å²) in [7, 11) is 0. The second-order valence-electron chi connectivity index (χ2n) is 6.47. The van der Waals surface area contributed by atoms with Crippen molar-refractivity contribution >= 4 is 179 Å². The van der Waals surface area contributed by atoms with Gasteiger partial charge in [0.2, 0.25) is 0 Å². The molecule has 0 aromatic carbocycles. The summed E-state index contributed by atoms with van der Waals surface area (Å²) in [5, 5.41) is 323. The number of carbonyl (C=O) groups excluding carboxylic acids is 1. The van der Waals surface area contributed by atoms with Crippen LogP contribution in [0.1, 0.15) is 0 Å². The molecule has 0 unspecified atom stereocenters. The molecular weight excluding hydrogens is 1420 g/mol. The maximum absolute atomic E-state index is 8.56. The summed E-state index contributed by atoms with van der Waals surface area (Å²) >= 11 is 0. The molecule has 0 aromatic heterocycles. The second-order valence-corrected chi connectivity index (χ2v) is 6.47. The minimum Gasteiger partial charge on any atom is -0.652 e. The van der Waals surface area contributed by atoms with Gasteiger partial charge in [-0.1, -0.05) is 0 Å². The van der Waals surface area contributed by atoms with E-state index in [0.29, 0.717) is 0 Å². The third-order valence-electron chi connectivity index (χ3n) is 0. The van der Waals surface area contributed by atoms with E-state index in [1.807, 2.05) is 0 Å². The quantitative estimate of drug-likeness (QED) is 0.154. The number of hydrogen-bond acceptors (Lipinski definition) is 25. The van der Waals surface area contributed by atoms with Gasteiger partial charge < -0.3 is 240 Å². The second kappa shape index (κ2) is 152. The molecule has 0 aromatic rings. The van der Waals surface area contributed by atoms with Crippen molar-refractivity contribution in [2.75, 3.05) is 0 Å². The minimum atomic E-state index is -2.33. The van der Waals surface area contributed by atoms with Crippen molar-refractivity contribution in [3.8, 4) is 0 Å². The maximum atomic E-state index is 8.56. The zero-order chi connectivity index (χ0) is 82.3. The van der Waals surface area contributed by atoms with Crippen molar-refractivity contribution in [1.82, 2.24) is 0 Å². The van der Waals surface area contributed by atoms with Crippen LogP contribution in [-0.4, -0.2) is 404 Å². The first-order valence-corrected chi connectivity index (χ1v) is 14.9. The Morgan fingerprint density at radius 3 is 0.108 bits per heavy atom. The fourth-order valence-electron chi connectivity index (χ4n) is 0. The van der Waals surface area contributed by atoms with E-state index in [9.17, 15) is 0 Å².